The molecule has 0 fully saturated rings. The van der Waals surface area contributed by atoms with Crippen molar-refractivity contribution in [2.24, 2.45) is 0 Å². The molecule has 6 nitrogen and oxygen atoms in total. The highest BCUT2D eigenvalue weighted by Gasteiger charge is 2.27. The van der Waals surface area contributed by atoms with Crippen LogP contribution >= 0.6 is 11.3 Å². The first kappa shape index (κ1) is 21.1. The Balaban J connectivity index is 1.61. The lowest BCUT2D eigenvalue weighted by atomic mass is 10.1. The van der Waals surface area contributed by atoms with Crippen LogP contribution < -0.4 is 24.8 Å². The van der Waals surface area contributed by atoms with E-state index in [9.17, 15) is 4.79 Å². The van der Waals surface area contributed by atoms with Gasteiger partial charge < -0.3 is 24.8 Å². The van der Waals surface area contributed by atoms with Gasteiger partial charge in [0, 0.05) is 17.0 Å². The second kappa shape index (κ2) is 9.31. The quantitative estimate of drug-likeness (QED) is 0.510. The molecule has 1 aliphatic rings. The number of para-hydroxylation sites is 3. The van der Waals surface area contributed by atoms with E-state index in [1.54, 1.807) is 32.7 Å². The SMILES string of the molecule is COc1ccccc1NC(=O)c1c(NCc2cccc(OC)c2OC)sc2c1CCC2. The molecule has 1 amide bonds. The van der Waals surface area contributed by atoms with Crippen molar-refractivity contribution in [2.45, 2.75) is 25.8 Å². The molecule has 1 aromatic heterocycles. The van der Waals surface area contributed by atoms with Crippen LogP contribution in [-0.4, -0.2) is 27.2 Å². The van der Waals surface area contributed by atoms with Gasteiger partial charge in [-0.05, 0) is 43.0 Å². The molecule has 0 aliphatic heterocycles. The van der Waals surface area contributed by atoms with Crippen LogP contribution in [0.2, 0.25) is 0 Å². The maximum absolute atomic E-state index is 13.3. The summed E-state index contributed by atoms with van der Waals surface area (Å²) in [5.41, 5.74) is 3.50. The van der Waals surface area contributed by atoms with E-state index < -0.39 is 0 Å². The Hall–Kier alpha value is -3.19. The third-order valence-electron chi connectivity index (χ3n) is 5.43. The van der Waals surface area contributed by atoms with E-state index >= 15 is 0 Å². The number of aryl methyl sites for hydroxylation is 1. The predicted molar refractivity (Wildman–Crippen MR) is 124 cm³/mol. The van der Waals surface area contributed by atoms with Gasteiger partial charge in [-0.3, -0.25) is 4.79 Å². The Kier molecular flexibility index (Phi) is 6.32. The minimum absolute atomic E-state index is 0.121. The molecule has 0 saturated heterocycles. The second-order valence-electron chi connectivity index (χ2n) is 7.22. The molecule has 4 rings (SSSR count). The molecular formula is C24H26N2O4S. The molecule has 0 unspecified atom stereocenters. The predicted octanol–water partition coefficient (Wildman–Crippen LogP) is 5.13. The summed E-state index contributed by atoms with van der Waals surface area (Å²) >= 11 is 1.66. The van der Waals surface area contributed by atoms with Crippen molar-refractivity contribution >= 4 is 27.9 Å². The Morgan fingerprint density at radius 1 is 0.968 bits per heavy atom. The Morgan fingerprint density at radius 2 is 1.74 bits per heavy atom. The molecule has 7 heteroatoms. The van der Waals surface area contributed by atoms with Crippen molar-refractivity contribution in [2.75, 3.05) is 32.0 Å². The average Bonchev–Trinajstić information content (AvgIpc) is 3.38. The number of benzene rings is 2. The van der Waals surface area contributed by atoms with Crippen LogP contribution in [0.1, 0.15) is 32.8 Å². The fourth-order valence-corrected chi connectivity index (χ4v) is 5.25. The van der Waals surface area contributed by atoms with E-state index in [4.69, 9.17) is 14.2 Å². The molecular weight excluding hydrogens is 412 g/mol. The van der Waals surface area contributed by atoms with Gasteiger partial charge in [-0.1, -0.05) is 24.3 Å². The van der Waals surface area contributed by atoms with Crippen molar-refractivity contribution in [3.05, 3.63) is 64.0 Å². The smallest absolute Gasteiger partial charge is 0.259 e. The first-order valence-corrected chi connectivity index (χ1v) is 11.0. The number of ether oxygens (including phenoxy) is 3. The summed E-state index contributed by atoms with van der Waals surface area (Å²) < 4.78 is 16.3. The maximum Gasteiger partial charge on any atom is 0.259 e. The van der Waals surface area contributed by atoms with Crippen LogP contribution in [-0.2, 0) is 19.4 Å². The molecule has 1 aliphatic carbocycles. The fraction of sp³-hybridized carbons (Fsp3) is 0.292. The third-order valence-corrected chi connectivity index (χ3v) is 6.68. The van der Waals surface area contributed by atoms with E-state index in [-0.39, 0.29) is 5.91 Å². The molecule has 0 bridgehead atoms. The van der Waals surface area contributed by atoms with Crippen molar-refractivity contribution in [3.8, 4) is 17.2 Å². The van der Waals surface area contributed by atoms with Gasteiger partial charge in [0.1, 0.15) is 10.8 Å². The van der Waals surface area contributed by atoms with Gasteiger partial charge in [0.2, 0.25) is 0 Å². The van der Waals surface area contributed by atoms with E-state index in [0.717, 1.165) is 41.0 Å². The zero-order valence-corrected chi connectivity index (χ0v) is 18.7. The van der Waals surface area contributed by atoms with Crippen LogP contribution in [0.4, 0.5) is 10.7 Å². The molecule has 1 heterocycles. The minimum Gasteiger partial charge on any atom is -0.495 e. The lowest BCUT2D eigenvalue weighted by Crippen LogP contribution is -2.15. The summed E-state index contributed by atoms with van der Waals surface area (Å²) in [5, 5.41) is 7.38. The van der Waals surface area contributed by atoms with E-state index in [1.165, 1.54) is 4.88 Å². The molecule has 0 radical (unpaired) electrons. The molecule has 0 atom stereocenters. The van der Waals surface area contributed by atoms with Crippen molar-refractivity contribution in [3.63, 3.8) is 0 Å². The lowest BCUT2D eigenvalue weighted by Gasteiger charge is -2.15. The fourth-order valence-electron chi connectivity index (χ4n) is 3.97. The zero-order valence-electron chi connectivity index (χ0n) is 17.9. The highest BCUT2D eigenvalue weighted by atomic mass is 32.1. The second-order valence-corrected chi connectivity index (χ2v) is 8.33. The summed E-state index contributed by atoms with van der Waals surface area (Å²) in [6.45, 7) is 0.523. The molecule has 2 aromatic carbocycles. The molecule has 3 aromatic rings. The van der Waals surface area contributed by atoms with Gasteiger partial charge in [-0.15, -0.1) is 11.3 Å². The third kappa shape index (κ3) is 4.18. The number of anilines is 2. The molecule has 162 valence electrons. The number of carbonyl (C=O) groups is 1. The number of nitrogens with one attached hydrogen (secondary N) is 2. The van der Waals surface area contributed by atoms with E-state index in [2.05, 4.69) is 10.6 Å². The number of carbonyl (C=O) groups excluding carboxylic acids is 1. The van der Waals surface area contributed by atoms with Gasteiger partial charge in [0.25, 0.3) is 5.91 Å². The lowest BCUT2D eigenvalue weighted by molar-refractivity contribution is 0.102. The average molecular weight is 439 g/mol. The maximum atomic E-state index is 13.3. The normalized spacial score (nSPS) is 12.2. The van der Waals surface area contributed by atoms with Gasteiger partial charge in [-0.25, -0.2) is 0 Å². The summed E-state index contributed by atoms with van der Waals surface area (Å²) in [5.74, 6) is 1.90. The first-order valence-electron chi connectivity index (χ1n) is 10.2. The highest BCUT2D eigenvalue weighted by molar-refractivity contribution is 7.16. The van der Waals surface area contributed by atoms with Crippen LogP contribution in [0.3, 0.4) is 0 Å². The number of methoxy groups -OCH3 is 3. The molecule has 0 saturated carbocycles. The van der Waals surface area contributed by atoms with Gasteiger partial charge >= 0.3 is 0 Å². The van der Waals surface area contributed by atoms with Crippen LogP contribution in [0, 0.1) is 0 Å². The number of hydrogen-bond donors (Lipinski definition) is 2. The van der Waals surface area contributed by atoms with Gasteiger partial charge in [-0.2, -0.15) is 0 Å². The summed E-state index contributed by atoms with van der Waals surface area (Å²) in [7, 11) is 4.86. The highest BCUT2D eigenvalue weighted by Crippen LogP contribution is 2.40. The van der Waals surface area contributed by atoms with Crippen LogP contribution in [0.25, 0.3) is 0 Å². The summed E-state index contributed by atoms with van der Waals surface area (Å²) in [6.07, 6.45) is 3.02. The van der Waals surface area contributed by atoms with Crippen LogP contribution in [0.15, 0.2) is 42.5 Å². The van der Waals surface area contributed by atoms with Crippen molar-refractivity contribution in [1.82, 2.24) is 0 Å². The van der Waals surface area contributed by atoms with E-state index in [1.807, 2.05) is 42.5 Å². The summed E-state index contributed by atoms with van der Waals surface area (Å²) in [4.78, 5) is 14.6. The minimum atomic E-state index is -0.121. The zero-order chi connectivity index (χ0) is 21.8. The largest absolute Gasteiger partial charge is 0.495 e. The number of hydrogen-bond acceptors (Lipinski definition) is 6. The number of fused-ring (bicyclic) bond motifs is 1. The topological polar surface area (TPSA) is 68.8 Å². The van der Waals surface area contributed by atoms with Gasteiger partial charge in [0.15, 0.2) is 11.5 Å². The first-order chi connectivity index (χ1) is 15.2. The Bertz CT molecular complexity index is 1090. The molecule has 0 spiro atoms. The molecule has 31 heavy (non-hydrogen) atoms. The van der Waals surface area contributed by atoms with Crippen molar-refractivity contribution in [1.29, 1.82) is 0 Å². The number of rotatable bonds is 8. The Morgan fingerprint density at radius 3 is 2.52 bits per heavy atom. The number of amides is 1. The monoisotopic (exact) mass is 438 g/mol. The van der Waals surface area contributed by atoms with E-state index in [0.29, 0.717) is 29.5 Å². The van der Waals surface area contributed by atoms with Crippen LogP contribution in [0.5, 0.6) is 17.2 Å². The Labute approximate surface area is 186 Å². The number of thiophene rings is 1. The molecule has 2 N–H and O–H groups in total. The van der Waals surface area contributed by atoms with Gasteiger partial charge in [0.05, 0.1) is 32.6 Å². The standard InChI is InChI=1S/C24H26N2O4S/c1-28-18-11-5-4-10-17(18)26-23(27)21-16-9-7-13-20(16)31-24(21)25-14-15-8-6-12-19(29-2)22(15)30-3/h4-6,8,10-12,25H,7,9,13-14H2,1-3H3,(H,26,27). The van der Waals surface area contributed by atoms with Crippen molar-refractivity contribution < 1.29 is 19.0 Å². The summed E-state index contributed by atoms with van der Waals surface area (Å²) in [6, 6.07) is 13.2.